The third kappa shape index (κ3) is 2.38. The Hall–Kier alpha value is -2.69. The molecule has 4 nitrogen and oxygen atoms in total. The minimum absolute atomic E-state index is 0.256. The zero-order chi connectivity index (χ0) is 15.0. The van der Waals surface area contributed by atoms with E-state index in [2.05, 4.69) is 5.32 Å². The average Bonchev–Trinajstić information content (AvgIpc) is 2.76. The van der Waals surface area contributed by atoms with E-state index in [1.54, 1.807) is 36.4 Å². The molecule has 0 bridgehead atoms. The first-order valence-corrected chi connectivity index (χ1v) is 6.50. The normalized spacial score (nSPS) is 13.0. The molecule has 0 atom stereocenters. The van der Waals surface area contributed by atoms with Gasteiger partial charge >= 0.3 is 0 Å². The summed E-state index contributed by atoms with van der Waals surface area (Å²) in [4.78, 5) is 24.7. The van der Waals surface area contributed by atoms with Gasteiger partial charge in [-0.15, -0.1) is 0 Å². The number of nitrogens with one attached hydrogen (secondary N) is 1. The van der Waals surface area contributed by atoms with Crippen LogP contribution in [-0.2, 0) is 11.3 Å². The second kappa shape index (κ2) is 5.01. The minimum Gasteiger partial charge on any atom is -0.370 e. The van der Waals surface area contributed by atoms with Crippen LogP contribution in [0, 0.1) is 5.82 Å². The molecule has 0 radical (unpaired) electrons. The molecule has 5 heteroatoms. The first-order valence-electron chi connectivity index (χ1n) is 6.50. The number of ketones is 1. The lowest BCUT2D eigenvalue weighted by molar-refractivity contribution is -0.112. The summed E-state index contributed by atoms with van der Waals surface area (Å²) in [5.74, 6) is -1.39. The predicted octanol–water partition coefficient (Wildman–Crippen LogP) is 2.60. The number of rotatable bonds is 3. The molecule has 1 N–H and O–H groups in total. The summed E-state index contributed by atoms with van der Waals surface area (Å²) in [5, 5.41) is 2.53. The molecule has 3 rings (SSSR count). The molecule has 1 aliphatic heterocycles. The number of amides is 1. The summed E-state index contributed by atoms with van der Waals surface area (Å²) in [6.07, 6.45) is 0. The van der Waals surface area contributed by atoms with Crippen molar-refractivity contribution in [3.8, 4) is 0 Å². The van der Waals surface area contributed by atoms with E-state index < -0.39 is 11.7 Å². The molecule has 0 spiro atoms. The maximum atomic E-state index is 13.7. The van der Waals surface area contributed by atoms with Crippen molar-refractivity contribution >= 4 is 23.1 Å². The van der Waals surface area contributed by atoms with E-state index in [0.717, 1.165) is 5.69 Å². The summed E-state index contributed by atoms with van der Waals surface area (Å²) in [5.41, 5.74) is 2.26. The predicted molar refractivity (Wildman–Crippen MR) is 77.9 cm³/mol. The van der Waals surface area contributed by atoms with Gasteiger partial charge in [0.2, 0.25) is 0 Å². The Morgan fingerprint density at radius 1 is 1.14 bits per heavy atom. The Bertz CT molecular complexity index is 743. The second-order valence-electron chi connectivity index (χ2n) is 4.96. The molecular weight excluding hydrogens is 271 g/mol. The number of Topliss-reactive ketones (excluding diaryl/α,β-unsaturated/α-hetero) is 1. The largest absolute Gasteiger partial charge is 0.370 e. The molecule has 1 aliphatic rings. The maximum absolute atomic E-state index is 13.7. The van der Waals surface area contributed by atoms with Gasteiger partial charge < -0.3 is 10.2 Å². The van der Waals surface area contributed by atoms with Crippen LogP contribution in [0.4, 0.5) is 15.8 Å². The molecule has 2 aromatic carbocycles. The molecule has 0 saturated carbocycles. The Morgan fingerprint density at radius 3 is 2.67 bits per heavy atom. The van der Waals surface area contributed by atoms with Crippen molar-refractivity contribution in [1.82, 2.24) is 0 Å². The van der Waals surface area contributed by atoms with Gasteiger partial charge in [0.1, 0.15) is 5.82 Å². The summed E-state index contributed by atoms with van der Waals surface area (Å²) in [6.45, 7) is 0.396. The van der Waals surface area contributed by atoms with Gasteiger partial charge in [0.05, 0.1) is 11.3 Å². The van der Waals surface area contributed by atoms with E-state index in [9.17, 15) is 14.0 Å². The van der Waals surface area contributed by atoms with E-state index in [1.165, 1.54) is 6.07 Å². The number of hydrogen-bond acceptors (Lipinski definition) is 3. The molecule has 0 aliphatic carbocycles. The molecular formula is C16H13FN2O2. The zero-order valence-electron chi connectivity index (χ0n) is 11.4. The van der Waals surface area contributed by atoms with Gasteiger partial charge in [-0.1, -0.05) is 18.2 Å². The van der Waals surface area contributed by atoms with Crippen LogP contribution >= 0.6 is 0 Å². The Kier molecular flexibility index (Phi) is 3.17. The van der Waals surface area contributed by atoms with Crippen LogP contribution < -0.4 is 10.2 Å². The van der Waals surface area contributed by atoms with E-state index in [0.29, 0.717) is 23.4 Å². The van der Waals surface area contributed by atoms with Gasteiger partial charge in [0, 0.05) is 24.8 Å². The van der Waals surface area contributed by atoms with Crippen LogP contribution in [0.2, 0.25) is 0 Å². The van der Waals surface area contributed by atoms with Crippen LogP contribution in [0.3, 0.4) is 0 Å². The molecule has 0 aromatic heterocycles. The molecule has 21 heavy (non-hydrogen) atoms. The first kappa shape index (κ1) is 13.3. The summed E-state index contributed by atoms with van der Waals surface area (Å²) in [7, 11) is 1.83. The third-order valence-electron chi connectivity index (χ3n) is 3.51. The standard InChI is InChI=1S/C16H13FN2O2/c1-19(9-10-4-2-3-5-13(10)17)11-6-7-12-14(8-11)18-16(21)15(12)20/h2-8H,9H2,1H3,(H,18,20,21). The fourth-order valence-electron chi connectivity index (χ4n) is 2.35. The van der Waals surface area contributed by atoms with Crippen molar-refractivity contribution in [2.45, 2.75) is 6.54 Å². The number of nitrogens with zero attached hydrogens (tertiary/aromatic N) is 1. The Balaban J connectivity index is 1.85. The van der Waals surface area contributed by atoms with Crippen LogP contribution in [0.15, 0.2) is 42.5 Å². The monoisotopic (exact) mass is 284 g/mol. The fraction of sp³-hybridized carbons (Fsp3) is 0.125. The fourth-order valence-corrected chi connectivity index (χ4v) is 2.35. The van der Waals surface area contributed by atoms with Gasteiger partial charge in [0.25, 0.3) is 11.7 Å². The molecule has 1 heterocycles. The lowest BCUT2D eigenvalue weighted by Gasteiger charge is -2.20. The average molecular weight is 284 g/mol. The highest BCUT2D eigenvalue weighted by atomic mass is 19.1. The minimum atomic E-state index is -0.612. The first-order chi connectivity index (χ1) is 10.1. The molecule has 1 amide bonds. The van der Waals surface area contributed by atoms with Crippen molar-refractivity contribution in [3.63, 3.8) is 0 Å². The second-order valence-corrected chi connectivity index (χ2v) is 4.96. The van der Waals surface area contributed by atoms with E-state index in [1.807, 2.05) is 11.9 Å². The van der Waals surface area contributed by atoms with Gasteiger partial charge in [0.15, 0.2) is 0 Å². The number of halogens is 1. The highest BCUT2D eigenvalue weighted by Gasteiger charge is 2.28. The van der Waals surface area contributed by atoms with Crippen molar-refractivity contribution in [3.05, 3.63) is 59.4 Å². The van der Waals surface area contributed by atoms with E-state index in [-0.39, 0.29) is 5.82 Å². The number of carbonyl (C=O) groups is 2. The van der Waals surface area contributed by atoms with Crippen molar-refractivity contribution < 1.29 is 14.0 Å². The summed E-state index contributed by atoms with van der Waals surface area (Å²) < 4.78 is 13.7. The van der Waals surface area contributed by atoms with Crippen LogP contribution in [0.1, 0.15) is 15.9 Å². The van der Waals surface area contributed by atoms with Gasteiger partial charge in [-0.05, 0) is 24.3 Å². The third-order valence-corrected chi connectivity index (χ3v) is 3.51. The van der Waals surface area contributed by atoms with Crippen molar-refractivity contribution in [2.75, 3.05) is 17.3 Å². The lowest BCUT2D eigenvalue weighted by atomic mass is 10.1. The van der Waals surface area contributed by atoms with Gasteiger partial charge in [-0.25, -0.2) is 4.39 Å². The number of carbonyl (C=O) groups excluding carboxylic acids is 2. The quantitative estimate of drug-likeness (QED) is 0.881. The molecule has 2 aromatic rings. The molecule has 0 unspecified atom stereocenters. The smallest absolute Gasteiger partial charge is 0.296 e. The zero-order valence-corrected chi connectivity index (χ0v) is 11.4. The molecule has 106 valence electrons. The van der Waals surface area contributed by atoms with Crippen molar-refractivity contribution in [1.29, 1.82) is 0 Å². The van der Waals surface area contributed by atoms with E-state index in [4.69, 9.17) is 0 Å². The number of benzene rings is 2. The summed E-state index contributed by atoms with van der Waals surface area (Å²) in [6, 6.07) is 11.7. The Labute approximate surface area is 121 Å². The van der Waals surface area contributed by atoms with Crippen LogP contribution in [0.25, 0.3) is 0 Å². The van der Waals surface area contributed by atoms with Crippen molar-refractivity contribution in [2.24, 2.45) is 0 Å². The highest BCUT2D eigenvalue weighted by Crippen LogP contribution is 2.28. The van der Waals surface area contributed by atoms with Gasteiger partial charge in [-0.3, -0.25) is 9.59 Å². The molecule has 0 saturated heterocycles. The van der Waals surface area contributed by atoms with Crippen LogP contribution in [-0.4, -0.2) is 18.7 Å². The maximum Gasteiger partial charge on any atom is 0.296 e. The summed E-state index contributed by atoms with van der Waals surface area (Å²) >= 11 is 0. The number of hydrogen-bond donors (Lipinski definition) is 1. The van der Waals surface area contributed by atoms with E-state index >= 15 is 0 Å². The highest BCUT2D eigenvalue weighted by molar-refractivity contribution is 6.51. The molecule has 0 fully saturated rings. The number of anilines is 2. The Morgan fingerprint density at radius 2 is 1.90 bits per heavy atom. The van der Waals surface area contributed by atoms with Crippen LogP contribution in [0.5, 0.6) is 0 Å². The number of fused-ring (bicyclic) bond motifs is 1. The SMILES string of the molecule is CN(Cc1ccccc1F)c1ccc2c(c1)NC(=O)C2=O. The topological polar surface area (TPSA) is 49.4 Å². The van der Waals surface area contributed by atoms with Gasteiger partial charge in [-0.2, -0.15) is 0 Å². The lowest BCUT2D eigenvalue weighted by Crippen LogP contribution is -2.17.